The molecule has 4 nitrogen and oxygen atoms in total. The Morgan fingerprint density at radius 2 is 1.59 bits per heavy atom. The molecule has 2 aromatic rings. The summed E-state index contributed by atoms with van der Waals surface area (Å²) in [5, 5.41) is 3.05. The molecular formula is C25H34N2O2. The maximum absolute atomic E-state index is 13.2. The van der Waals surface area contributed by atoms with Crippen LogP contribution in [0, 0.1) is 6.92 Å². The lowest BCUT2D eigenvalue weighted by atomic mass is 10.0. The van der Waals surface area contributed by atoms with Crippen molar-refractivity contribution >= 4 is 11.8 Å². The molecular weight excluding hydrogens is 360 g/mol. The van der Waals surface area contributed by atoms with E-state index in [1.54, 1.807) is 4.90 Å². The molecule has 0 heterocycles. The van der Waals surface area contributed by atoms with Crippen molar-refractivity contribution in [1.82, 2.24) is 10.2 Å². The van der Waals surface area contributed by atoms with Gasteiger partial charge in [-0.05, 0) is 44.2 Å². The van der Waals surface area contributed by atoms with Crippen LogP contribution in [-0.4, -0.2) is 35.3 Å². The molecule has 0 saturated heterocycles. The van der Waals surface area contributed by atoms with Crippen molar-refractivity contribution in [2.45, 2.75) is 65.5 Å². The number of nitrogens with zero attached hydrogens (tertiary/aromatic N) is 1. The summed E-state index contributed by atoms with van der Waals surface area (Å²) >= 11 is 0. The molecule has 0 bridgehead atoms. The number of amides is 2. The Bertz CT molecular complexity index is 771. The Morgan fingerprint density at radius 3 is 2.17 bits per heavy atom. The number of rotatable bonds is 10. The Labute approximate surface area is 175 Å². The monoisotopic (exact) mass is 394 g/mol. The van der Waals surface area contributed by atoms with E-state index in [9.17, 15) is 9.59 Å². The van der Waals surface area contributed by atoms with Crippen molar-refractivity contribution in [3.63, 3.8) is 0 Å². The van der Waals surface area contributed by atoms with E-state index in [-0.39, 0.29) is 17.9 Å². The van der Waals surface area contributed by atoms with Gasteiger partial charge in [0.25, 0.3) is 0 Å². The van der Waals surface area contributed by atoms with Gasteiger partial charge in [-0.15, -0.1) is 0 Å². The van der Waals surface area contributed by atoms with Gasteiger partial charge < -0.3 is 10.2 Å². The van der Waals surface area contributed by atoms with Gasteiger partial charge in [0.2, 0.25) is 11.8 Å². The van der Waals surface area contributed by atoms with Crippen LogP contribution in [0.15, 0.2) is 54.6 Å². The lowest BCUT2D eigenvalue weighted by Crippen LogP contribution is -2.52. The quantitative estimate of drug-likeness (QED) is 0.653. The zero-order valence-corrected chi connectivity index (χ0v) is 18.2. The summed E-state index contributed by atoms with van der Waals surface area (Å²) in [4.78, 5) is 27.9. The number of hydrogen-bond donors (Lipinski definition) is 1. The molecule has 2 atom stereocenters. The number of hydrogen-bond acceptors (Lipinski definition) is 2. The predicted molar refractivity (Wildman–Crippen MR) is 119 cm³/mol. The maximum Gasteiger partial charge on any atom is 0.243 e. The van der Waals surface area contributed by atoms with Crippen molar-refractivity contribution in [3.05, 3.63) is 71.3 Å². The highest BCUT2D eigenvalue weighted by molar-refractivity contribution is 5.88. The Balaban J connectivity index is 2.18. The molecule has 29 heavy (non-hydrogen) atoms. The van der Waals surface area contributed by atoms with Crippen molar-refractivity contribution in [2.24, 2.45) is 0 Å². The summed E-state index contributed by atoms with van der Waals surface area (Å²) in [7, 11) is 0. The smallest absolute Gasteiger partial charge is 0.243 e. The third kappa shape index (κ3) is 7.04. The van der Waals surface area contributed by atoms with E-state index in [0.29, 0.717) is 19.4 Å². The molecule has 2 amide bonds. The molecule has 2 aromatic carbocycles. The first-order valence-electron chi connectivity index (χ1n) is 10.6. The van der Waals surface area contributed by atoms with E-state index in [4.69, 9.17) is 0 Å². The highest BCUT2D eigenvalue weighted by Gasteiger charge is 2.28. The van der Waals surface area contributed by atoms with Gasteiger partial charge in [-0.3, -0.25) is 9.59 Å². The van der Waals surface area contributed by atoms with E-state index in [1.807, 2.05) is 70.2 Å². The summed E-state index contributed by atoms with van der Waals surface area (Å²) in [5.74, 6) is -0.0666. The van der Waals surface area contributed by atoms with Crippen LogP contribution in [-0.2, 0) is 22.4 Å². The van der Waals surface area contributed by atoms with Gasteiger partial charge in [-0.25, -0.2) is 0 Å². The zero-order chi connectivity index (χ0) is 21.2. The summed E-state index contributed by atoms with van der Waals surface area (Å²) < 4.78 is 0. The van der Waals surface area contributed by atoms with Crippen molar-refractivity contribution in [2.75, 3.05) is 6.54 Å². The highest BCUT2D eigenvalue weighted by atomic mass is 16.2. The second-order valence-electron chi connectivity index (χ2n) is 7.73. The first-order valence-corrected chi connectivity index (χ1v) is 10.6. The maximum atomic E-state index is 13.2. The Kier molecular flexibility index (Phi) is 8.91. The van der Waals surface area contributed by atoms with Crippen molar-refractivity contribution < 1.29 is 9.59 Å². The van der Waals surface area contributed by atoms with Gasteiger partial charge >= 0.3 is 0 Å². The van der Waals surface area contributed by atoms with Crippen LogP contribution in [0.1, 0.15) is 50.3 Å². The van der Waals surface area contributed by atoms with E-state index in [1.165, 1.54) is 5.56 Å². The average Bonchev–Trinajstić information content (AvgIpc) is 2.73. The molecule has 0 aliphatic heterocycles. The number of nitrogens with one attached hydrogen (secondary N) is 1. The Morgan fingerprint density at radius 1 is 0.931 bits per heavy atom. The van der Waals surface area contributed by atoms with Crippen LogP contribution in [0.25, 0.3) is 0 Å². The van der Waals surface area contributed by atoms with Crippen molar-refractivity contribution in [1.29, 1.82) is 0 Å². The summed E-state index contributed by atoms with van der Waals surface area (Å²) in [6.45, 7) is 8.56. The minimum Gasteiger partial charge on any atom is -0.352 e. The second kappa shape index (κ2) is 11.4. The van der Waals surface area contributed by atoms with Gasteiger partial charge in [0, 0.05) is 12.6 Å². The summed E-state index contributed by atoms with van der Waals surface area (Å²) in [6.07, 6.45) is 2.50. The van der Waals surface area contributed by atoms with Gasteiger partial charge in [-0.1, -0.05) is 74.0 Å². The zero-order valence-electron chi connectivity index (χ0n) is 18.2. The van der Waals surface area contributed by atoms with E-state index >= 15 is 0 Å². The molecule has 0 saturated carbocycles. The molecule has 0 radical (unpaired) electrons. The molecule has 0 aliphatic carbocycles. The minimum absolute atomic E-state index is 0.00376. The molecule has 0 spiro atoms. The second-order valence-corrected chi connectivity index (χ2v) is 7.73. The van der Waals surface area contributed by atoms with Crippen LogP contribution < -0.4 is 5.32 Å². The van der Waals surface area contributed by atoms with Crippen molar-refractivity contribution in [3.8, 4) is 0 Å². The minimum atomic E-state index is -0.453. The van der Waals surface area contributed by atoms with Gasteiger partial charge in [-0.2, -0.15) is 0 Å². The highest BCUT2D eigenvalue weighted by Crippen LogP contribution is 2.13. The first-order chi connectivity index (χ1) is 13.9. The number of carbonyl (C=O) groups is 2. The van der Waals surface area contributed by atoms with E-state index in [0.717, 1.165) is 24.0 Å². The summed E-state index contributed by atoms with van der Waals surface area (Å²) in [5.41, 5.74) is 3.31. The molecule has 156 valence electrons. The number of benzene rings is 2. The average molecular weight is 395 g/mol. The molecule has 0 fully saturated rings. The SMILES string of the molecule is CCC(C)NC(=O)C(CC)N(CCc1ccccc1)C(=O)Cc1ccc(C)cc1. The predicted octanol–water partition coefficient (Wildman–Crippen LogP) is 4.30. The number of carbonyl (C=O) groups excluding carboxylic acids is 2. The molecule has 2 rings (SSSR count). The van der Waals surface area contributed by atoms with Crippen LogP contribution in [0.2, 0.25) is 0 Å². The third-order valence-electron chi connectivity index (χ3n) is 5.35. The standard InChI is InChI=1S/C25H34N2O2/c1-5-20(4)26-25(29)23(6-2)27(17-16-21-10-8-7-9-11-21)24(28)18-22-14-12-19(3)13-15-22/h7-15,20,23H,5-6,16-18H2,1-4H3,(H,26,29). The number of aryl methyl sites for hydroxylation is 1. The Hall–Kier alpha value is -2.62. The molecule has 0 aromatic heterocycles. The third-order valence-corrected chi connectivity index (χ3v) is 5.35. The fourth-order valence-electron chi connectivity index (χ4n) is 3.32. The van der Waals surface area contributed by atoms with Gasteiger partial charge in [0.1, 0.15) is 6.04 Å². The largest absolute Gasteiger partial charge is 0.352 e. The fraction of sp³-hybridized carbons (Fsp3) is 0.440. The van der Waals surface area contributed by atoms with Gasteiger partial charge in [0.15, 0.2) is 0 Å². The molecule has 2 unspecified atom stereocenters. The van der Waals surface area contributed by atoms with Gasteiger partial charge in [0.05, 0.1) is 6.42 Å². The van der Waals surface area contributed by atoms with Crippen LogP contribution in [0.5, 0.6) is 0 Å². The lowest BCUT2D eigenvalue weighted by molar-refractivity contribution is -0.140. The first kappa shape index (κ1) is 22.7. The van der Waals surface area contributed by atoms with E-state index < -0.39 is 6.04 Å². The molecule has 0 aliphatic rings. The lowest BCUT2D eigenvalue weighted by Gasteiger charge is -2.31. The molecule has 4 heteroatoms. The summed E-state index contributed by atoms with van der Waals surface area (Å²) in [6, 6.07) is 17.8. The van der Waals surface area contributed by atoms with E-state index in [2.05, 4.69) is 17.4 Å². The molecule has 1 N–H and O–H groups in total. The van der Waals surface area contributed by atoms with Crippen LogP contribution >= 0.6 is 0 Å². The normalized spacial score (nSPS) is 12.8. The van der Waals surface area contributed by atoms with Crippen LogP contribution in [0.3, 0.4) is 0 Å². The fourth-order valence-corrected chi connectivity index (χ4v) is 3.32. The van der Waals surface area contributed by atoms with Crippen LogP contribution in [0.4, 0.5) is 0 Å². The topological polar surface area (TPSA) is 49.4 Å².